The van der Waals surface area contributed by atoms with Gasteiger partial charge in [0.2, 0.25) is 5.91 Å². The Morgan fingerprint density at radius 3 is 2.50 bits per heavy atom. The van der Waals surface area contributed by atoms with E-state index in [9.17, 15) is 9.59 Å². The van der Waals surface area contributed by atoms with Gasteiger partial charge >= 0.3 is 0 Å². The number of likely N-dealkylation sites (N-methyl/N-ethyl adjacent to an activating group) is 1. The zero-order chi connectivity index (χ0) is 20.5. The monoisotopic (exact) mass is 404 g/mol. The number of benzene rings is 2. The molecule has 1 N–H and O–H groups in total. The zero-order valence-corrected chi connectivity index (χ0v) is 17.0. The van der Waals surface area contributed by atoms with Crippen LogP contribution in [0.3, 0.4) is 0 Å². The Labute approximate surface area is 170 Å². The fourth-order valence-electron chi connectivity index (χ4n) is 2.63. The van der Waals surface area contributed by atoms with Gasteiger partial charge in [0, 0.05) is 18.1 Å². The lowest BCUT2D eigenvalue weighted by Gasteiger charge is -2.28. The van der Waals surface area contributed by atoms with E-state index in [1.807, 2.05) is 31.2 Å². The standard InChI is InChI=1S/C21H25ClN2O4/c1-4-23-21(26)15(2)24(13-16-6-5-7-19(12-16)27-3)20(25)14-28-18-10-8-17(22)9-11-18/h5-12,15H,4,13-14H2,1-3H3,(H,23,26)/t15-/m1/s1. The summed E-state index contributed by atoms with van der Waals surface area (Å²) in [6.45, 7) is 4.10. The molecule has 0 saturated carbocycles. The number of nitrogens with one attached hydrogen (secondary N) is 1. The van der Waals surface area contributed by atoms with E-state index in [2.05, 4.69) is 5.32 Å². The fourth-order valence-corrected chi connectivity index (χ4v) is 2.76. The predicted octanol–water partition coefficient (Wildman–Crippen LogP) is 3.28. The van der Waals surface area contributed by atoms with E-state index < -0.39 is 6.04 Å². The van der Waals surface area contributed by atoms with Crippen LogP contribution >= 0.6 is 11.6 Å². The molecule has 2 aromatic rings. The molecule has 2 rings (SSSR count). The molecule has 0 saturated heterocycles. The molecular weight excluding hydrogens is 380 g/mol. The van der Waals surface area contributed by atoms with E-state index in [4.69, 9.17) is 21.1 Å². The van der Waals surface area contributed by atoms with Gasteiger partial charge in [-0.1, -0.05) is 23.7 Å². The summed E-state index contributed by atoms with van der Waals surface area (Å²) < 4.78 is 10.8. The lowest BCUT2D eigenvalue weighted by Crippen LogP contribution is -2.49. The first kappa shape index (κ1) is 21.6. The minimum absolute atomic E-state index is 0.185. The van der Waals surface area contributed by atoms with Gasteiger partial charge in [-0.3, -0.25) is 9.59 Å². The van der Waals surface area contributed by atoms with Crippen LogP contribution in [0.4, 0.5) is 0 Å². The molecule has 0 fully saturated rings. The molecule has 2 aromatic carbocycles. The zero-order valence-electron chi connectivity index (χ0n) is 16.3. The van der Waals surface area contributed by atoms with Gasteiger partial charge in [0.25, 0.3) is 5.91 Å². The van der Waals surface area contributed by atoms with Crippen molar-refractivity contribution in [3.8, 4) is 11.5 Å². The highest BCUT2D eigenvalue weighted by Gasteiger charge is 2.26. The number of carbonyl (C=O) groups excluding carboxylic acids is 2. The number of carbonyl (C=O) groups is 2. The maximum Gasteiger partial charge on any atom is 0.261 e. The van der Waals surface area contributed by atoms with Gasteiger partial charge in [-0.25, -0.2) is 0 Å². The number of amides is 2. The van der Waals surface area contributed by atoms with E-state index in [0.717, 1.165) is 5.56 Å². The minimum Gasteiger partial charge on any atom is -0.497 e. The number of hydrogen-bond donors (Lipinski definition) is 1. The van der Waals surface area contributed by atoms with Crippen molar-refractivity contribution < 1.29 is 19.1 Å². The van der Waals surface area contributed by atoms with Crippen LogP contribution in [-0.2, 0) is 16.1 Å². The minimum atomic E-state index is -0.646. The largest absolute Gasteiger partial charge is 0.497 e. The molecular formula is C21H25ClN2O4. The van der Waals surface area contributed by atoms with Crippen molar-refractivity contribution in [2.75, 3.05) is 20.3 Å². The van der Waals surface area contributed by atoms with Crippen molar-refractivity contribution in [3.63, 3.8) is 0 Å². The van der Waals surface area contributed by atoms with E-state index in [0.29, 0.717) is 23.1 Å². The van der Waals surface area contributed by atoms with Gasteiger partial charge in [0.1, 0.15) is 17.5 Å². The summed E-state index contributed by atoms with van der Waals surface area (Å²) >= 11 is 5.86. The summed E-state index contributed by atoms with van der Waals surface area (Å²) in [5.41, 5.74) is 0.857. The maximum atomic E-state index is 12.9. The van der Waals surface area contributed by atoms with Gasteiger partial charge in [0.15, 0.2) is 6.61 Å². The van der Waals surface area contributed by atoms with Crippen molar-refractivity contribution in [1.82, 2.24) is 10.2 Å². The lowest BCUT2D eigenvalue weighted by molar-refractivity contribution is -0.142. The van der Waals surface area contributed by atoms with Gasteiger partial charge in [-0.05, 0) is 55.8 Å². The van der Waals surface area contributed by atoms with Gasteiger partial charge in [-0.15, -0.1) is 0 Å². The van der Waals surface area contributed by atoms with E-state index in [1.165, 1.54) is 4.90 Å². The van der Waals surface area contributed by atoms with Gasteiger partial charge in [0.05, 0.1) is 7.11 Å². The van der Waals surface area contributed by atoms with E-state index in [1.54, 1.807) is 38.3 Å². The number of halogens is 1. The van der Waals surface area contributed by atoms with Gasteiger partial charge < -0.3 is 19.7 Å². The first-order valence-electron chi connectivity index (χ1n) is 9.03. The summed E-state index contributed by atoms with van der Waals surface area (Å²) in [5, 5.41) is 3.34. The Morgan fingerprint density at radius 2 is 1.86 bits per heavy atom. The molecule has 0 aromatic heterocycles. The molecule has 28 heavy (non-hydrogen) atoms. The van der Waals surface area contributed by atoms with E-state index >= 15 is 0 Å². The number of nitrogens with zero attached hydrogens (tertiary/aromatic N) is 1. The number of methoxy groups -OCH3 is 1. The average molecular weight is 405 g/mol. The Hall–Kier alpha value is -2.73. The molecule has 0 unspecified atom stereocenters. The maximum absolute atomic E-state index is 12.9. The van der Waals surface area contributed by atoms with Gasteiger partial charge in [-0.2, -0.15) is 0 Å². The SMILES string of the molecule is CCNC(=O)[C@@H](C)N(Cc1cccc(OC)c1)C(=O)COc1ccc(Cl)cc1. The number of hydrogen-bond acceptors (Lipinski definition) is 4. The molecule has 0 heterocycles. The highest BCUT2D eigenvalue weighted by Crippen LogP contribution is 2.18. The third-order valence-corrected chi connectivity index (χ3v) is 4.43. The van der Waals surface area contributed by atoms with Crippen molar-refractivity contribution in [3.05, 3.63) is 59.1 Å². The molecule has 0 aliphatic rings. The van der Waals surface area contributed by atoms with Crippen LogP contribution in [-0.4, -0.2) is 43.0 Å². The van der Waals surface area contributed by atoms with Crippen LogP contribution < -0.4 is 14.8 Å². The third kappa shape index (κ3) is 6.16. The molecule has 7 heteroatoms. The van der Waals surface area contributed by atoms with Crippen LogP contribution in [0.1, 0.15) is 19.4 Å². The highest BCUT2D eigenvalue weighted by molar-refractivity contribution is 6.30. The summed E-state index contributed by atoms with van der Waals surface area (Å²) in [7, 11) is 1.58. The Balaban J connectivity index is 2.14. The number of ether oxygens (including phenoxy) is 2. The van der Waals surface area contributed by atoms with Crippen molar-refractivity contribution in [2.24, 2.45) is 0 Å². The quantitative estimate of drug-likeness (QED) is 0.696. The molecule has 0 spiro atoms. The predicted molar refractivity (Wildman–Crippen MR) is 109 cm³/mol. The van der Waals surface area contributed by atoms with Crippen LogP contribution in [0, 0.1) is 0 Å². The first-order chi connectivity index (χ1) is 13.4. The molecule has 1 atom stereocenters. The van der Waals surface area contributed by atoms with E-state index in [-0.39, 0.29) is 25.0 Å². The Morgan fingerprint density at radius 1 is 1.14 bits per heavy atom. The van der Waals surface area contributed by atoms with Crippen LogP contribution in [0.2, 0.25) is 5.02 Å². The summed E-state index contributed by atoms with van der Waals surface area (Å²) in [4.78, 5) is 26.7. The first-order valence-corrected chi connectivity index (χ1v) is 9.40. The molecule has 2 amide bonds. The Kier molecular flexibility index (Phi) is 8.14. The molecule has 0 radical (unpaired) electrons. The summed E-state index contributed by atoms with van der Waals surface area (Å²) in [5.74, 6) is 0.708. The van der Waals surface area contributed by atoms with Crippen molar-refractivity contribution >= 4 is 23.4 Å². The fraction of sp³-hybridized carbons (Fsp3) is 0.333. The second-order valence-corrected chi connectivity index (χ2v) is 6.62. The summed E-state index contributed by atoms with van der Waals surface area (Å²) in [6, 6.07) is 13.5. The molecule has 0 aliphatic heterocycles. The smallest absolute Gasteiger partial charge is 0.261 e. The summed E-state index contributed by atoms with van der Waals surface area (Å²) in [6.07, 6.45) is 0. The molecule has 0 bridgehead atoms. The third-order valence-electron chi connectivity index (χ3n) is 4.18. The lowest BCUT2D eigenvalue weighted by atomic mass is 10.1. The number of rotatable bonds is 9. The second-order valence-electron chi connectivity index (χ2n) is 6.19. The molecule has 0 aliphatic carbocycles. The normalized spacial score (nSPS) is 11.4. The molecule has 6 nitrogen and oxygen atoms in total. The average Bonchev–Trinajstić information content (AvgIpc) is 2.71. The van der Waals surface area contributed by atoms with Crippen molar-refractivity contribution in [1.29, 1.82) is 0 Å². The second kappa shape index (κ2) is 10.6. The highest BCUT2D eigenvalue weighted by atomic mass is 35.5. The topological polar surface area (TPSA) is 67.9 Å². The van der Waals surface area contributed by atoms with Crippen molar-refractivity contribution in [2.45, 2.75) is 26.4 Å². The van der Waals surface area contributed by atoms with Crippen LogP contribution in [0.5, 0.6) is 11.5 Å². The Bertz CT molecular complexity index is 795. The molecule has 150 valence electrons. The van der Waals surface area contributed by atoms with Crippen LogP contribution in [0.25, 0.3) is 0 Å². The van der Waals surface area contributed by atoms with Crippen LogP contribution in [0.15, 0.2) is 48.5 Å².